The van der Waals surface area contributed by atoms with Crippen molar-refractivity contribution in [3.8, 4) is 28.4 Å². The normalized spacial score (nSPS) is 14.8. The fraction of sp³-hybridized carbons (Fsp3) is 0.211. The highest BCUT2D eigenvalue weighted by molar-refractivity contribution is 5.73. The Labute approximate surface area is 148 Å². The van der Waals surface area contributed by atoms with E-state index in [1.807, 2.05) is 18.2 Å². The van der Waals surface area contributed by atoms with Crippen molar-refractivity contribution in [2.75, 3.05) is 25.1 Å². The van der Waals surface area contributed by atoms with Gasteiger partial charge in [0.1, 0.15) is 36.4 Å². The fourth-order valence-electron chi connectivity index (χ4n) is 3.42. The molecule has 2 aliphatic rings. The summed E-state index contributed by atoms with van der Waals surface area (Å²) in [5.74, 6) is 0.950. The molecule has 0 bridgehead atoms. The van der Waals surface area contributed by atoms with Crippen LogP contribution < -0.4 is 14.8 Å². The summed E-state index contributed by atoms with van der Waals surface area (Å²) in [5, 5.41) is 7.91. The highest BCUT2D eigenvalue weighted by atomic mass is 19.1. The molecule has 0 saturated heterocycles. The molecule has 0 unspecified atom stereocenters. The van der Waals surface area contributed by atoms with Gasteiger partial charge in [-0.15, -0.1) is 0 Å². The highest BCUT2D eigenvalue weighted by Gasteiger charge is 2.26. The fourth-order valence-corrected chi connectivity index (χ4v) is 3.42. The van der Waals surface area contributed by atoms with Gasteiger partial charge in [-0.25, -0.2) is 13.5 Å². The molecule has 5 nitrogen and oxygen atoms in total. The van der Waals surface area contributed by atoms with Gasteiger partial charge >= 0.3 is 0 Å². The van der Waals surface area contributed by atoms with Crippen molar-refractivity contribution in [3.63, 3.8) is 0 Å². The molecule has 2 aliphatic heterocycles. The Bertz CT molecular complexity index is 1020. The monoisotopic (exact) mass is 355 g/mol. The maximum absolute atomic E-state index is 14.3. The van der Waals surface area contributed by atoms with Gasteiger partial charge in [-0.05, 0) is 30.7 Å². The second-order valence-electron chi connectivity index (χ2n) is 6.22. The van der Waals surface area contributed by atoms with Crippen molar-refractivity contribution in [1.82, 2.24) is 9.78 Å². The average molecular weight is 355 g/mol. The van der Waals surface area contributed by atoms with Crippen LogP contribution in [0.4, 0.5) is 14.6 Å². The van der Waals surface area contributed by atoms with Gasteiger partial charge in [0.2, 0.25) is 0 Å². The number of nitrogens with one attached hydrogen (secondary N) is 1. The molecule has 0 saturated carbocycles. The molecule has 0 radical (unpaired) electrons. The Morgan fingerprint density at radius 2 is 1.85 bits per heavy atom. The predicted octanol–water partition coefficient (Wildman–Crippen LogP) is 3.56. The van der Waals surface area contributed by atoms with Crippen LogP contribution in [0.15, 0.2) is 36.4 Å². The van der Waals surface area contributed by atoms with Crippen molar-refractivity contribution >= 4 is 5.82 Å². The van der Waals surface area contributed by atoms with E-state index in [-0.39, 0.29) is 0 Å². The van der Waals surface area contributed by atoms with Gasteiger partial charge in [0.05, 0.1) is 5.69 Å². The van der Waals surface area contributed by atoms with E-state index in [9.17, 15) is 8.78 Å². The molecule has 3 aromatic rings. The predicted molar refractivity (Wildman–Crippen MR) is 92.1 cm³/mol. The molecule has 3 heterocycles. The molecule has 0 aliphatic carbocycles. The van der Waals surface area contributed by atoms with Crippen LogP contribution in [0.25, 0.3) is 16.9 Å². The van der Waals surface area contributed by atoms with Crippen LogP contribution >= 0.6 is 0 Å². The van der Waals surface area contributed by atoms with E-state index < -0.39 is 11.6 Å². The summed E-state index contributed by atoms with van der Waals surface area (Å²) in [7, 11) is 0. The van der Waals surface area contributed by atoms with Crippen LogP contribution in [0.1, 0.15) is 5.56 Å². The van der Waals surface area contributed by atoms with E-state index in [1.54, 1.807) is 4.68 Å². The van der Waals surface area contributed by atoms with Crippen LogP contribution in [0.2, 0.25) is 0 Å². The third-order valence-electron chi connectivity index (χ3n) is 4.61. The second kappa shape index (κ2) is 5.72. The molecule has 0 amide bonds. The maximum atomic E-state index is 14.3. The quantitative estimate of drug-likeness (QED) is 0.764. The van der Waals surface area contributed by atoms with Gasteiger partial charge < -0.3 is 14.8 Å². The number of hydrogen-bond acceptors (Lipinski definition) is 4. The molecule has 5 rings (SSSR count). The lowest BCUT2D eigenvalue weighted by Crippen LogP contribution is -2.15. The lowest BCUT2D eigenvalue weighted by atomic mass is 10.1. The lowest BCUT2D eigenvalue weighted by Gasteiger charge is -2.19. The minimum absolute atomic E-state index is 0.294. The van der Waals surface area contributed by atoms with E-state index in [0.29, 0.717) is 36.0 Å². The maximum Gasteiger partial charge on any atom is 0.163 e. The third kappa shape index (κ3) is 2.31. The Balaban J connectivity index is 1.65. The van der Waals surface area contributed by atoms with Crippen LogP contribution in [-0.2, 0) is 6.42 Å². The Morgan fingerprint density at radius 1 is 1.00 bits per heavy atom. The summed E-state index contributed by atoms with van der Waals surface area (Å²) in [6.07, 6.45) is 0.728. The Morgan fingerprint density at radius 3 is 2.69 bits per heavy atom. The van der Waals surface area contributed by atoms with Gasteiger partial charge in [-0.3, -0.25) is 0 Å². The average Bonchev–Trinajstić information content (AvgIpc) is 3.24. The Kier molecular flexibility index (Phi) is 3.34. The van der Waals surface area contributed by atoms with Crippen LogP contribution in [0.3, 0.4) is 0 Å². The molecular formula is C19H15F2N3O2. The number of benzene rings is 2. The molecule has 132 valence electrons. The van der Waals surface area contributed by atoms with Gasteiger partial charge in [-0.1, -0.05) is 0 Å². The zero-order valence-corrected chi connectivity index (χ0v) is 13.8. The highest BCUT2D eigenvalue weighted by Crippen LogP contribution is 2.38. The third-order valence-corrected chi connectivity index (χ3v) is 4.61. The summed E-state index contributed by atoms with van der Waals surface area (Å²) in [6.45, 7) is 1.77. The van der Waals surface area contributed by atoms with E-state index in [0.717, 1.165) is 36.1 Å². The number of fused-ring (bicyclic) bond motifs is 2. The molecule has 0 atom stereocenters. The number of rotatable bonds is 2. The molecule has 0 fully saturated rings. The molecule has 1 aromatic heterocycles. The molecule has 7 heteroatoms. The zero-order valence-electron chi connectivity index (χ0n) is 13.8. The van der Waals surface area contributed by atoms with E-state index in [2.05, 4.69) is 10.4 Å². The minimum Gasteiger partial charge on any atom is -0.486 e. The van der Waals surface area contributed by atoms with Crippen LogP contribution in [0.5, 0.6) is 11.5 Å². The largest absolute Gasteiger partial charge is 0.486 e. The van der Waals surface area contributed by atoms with E-state index in [1.165, 1.54) is 12.1 Å². The van der Waals surface area contributed by atoms with Crippen molar-refractivity contribution < 1.29 is 18.3 Å². The first kappa shape index (κ1) is 15.2. The zero-order chi connectivity index (χ0) is 17.7. The Hall–Kier alpha value is -3.09. The number of aromatic nitrogens is 2. The lowest BCUT2D eigenvalue weighted by molar-refractivity contribution is 0.171. The first-order valence-electron chi connectivity index (χ1n) is 8.42. The molecule has 26 heavy (non-hydrogen) atoms. The summed E-state index contributed by atoms with van der Waals surface area (Å²) in [6, 6.07) is 9.13. The molecular weight excluding hydrogens is 340 g/mol. The van der Waals surface area contributed by atoms with Gasteiger partial charge in [0, 0.05) is 29.8 Å². The number of halogens is 2. The minimum atomic E-state index is -0.619. The van der Waals surface area contributed by atoms with Crippen molar-refractivity contribution in [2.24, 2.45) is 0 Å². The van der Waals surface area contributed by atoms with E-state index in [4.69, 9.17) is 9.47 Å². The van der Waals surface area contributed by atoms with Crippen molar-refractivity contribution in [1.29, 1.82) is 0 Å². The SMILES string of the molecule is Fc1ccc(-c2nn(-c3ccc4c(c3)OCCO4)c3c2CCN3)c(F)c1. The number of hydrogen-bond donors (Lipinski definition) is 1. The molecule has 1 N–H and O–H groups in total. The number of ether oxygens (including phenoxy) is 2. The topological polar surface area (TPSA) is 48.3 Å². The second-order valence-corrected chi connectivity index (χ2v) is 6.22. The summed E-state index contributed by atoms with van der Waals surface area (Å²) in [4.78, 5) is 0. The van der Waals surface area contributed by atoms with E-state index >= 15 is 0 Å². The first-order chi connectivity index (χ1) is 12.7. The summed E-state index contributed by atoms with van der Waals surface area (Å²) >= 11 is 0. The van der Waals surface area contributed by atoms with Crippen LogP contribution in [0, 0.1) is 11.6 Å². The van der Waals surface area contributed by atoms with Gasteiger partial charge in [0.25, 0.3) is 0 Å². The number of anilines is 1. The van der Waals surface area contributed by atoms with Gasteiger partial charge in [0.15, 0.2) is 11.5 Å². The van der Waals surface area contributed by atoms with Gasteiger partial charge in [-0.2, -0.15) is 5.10 Å². The molecule has 2 aromatic carbocycles. The summed E-state index contributed by atoms with van der Waals surface area (Å²) in [5.41, 5.74) is 2.53. The first-order valence-corrected chi connectivity index (χ1v) is 8.42. The number of nitrogens with zero attached hydrogens (tertiary/aromatic N) is 2. The molecule has 0 spiro atoms. The smallest absolute Gasteiger partial charge is 0.163 e. The van der Waals surface area contributed by atoms with Crippen LogP contribution in [-0.4, -0.2) is 29.5 Å². The van der Waals surface area contributed by atoms with Crippen molar-refractivity contribution in [2.45, 2.75) is 6.42 Å². The summed E-state index contributed by atoms with van der Waals surface area (Å²) < 4.78 is 40.5. The van der Waals surface area contributed by atoms with Crippen molar-refractivity contribution in [3.05, 3.63) is 53.6 Å². The standard InChI is InChI=1S/C19H15F2N3O2/c20-11-1-3-13(15(21)9-11)18-14-5-6-22-19(14)24(23-18)12-2-4-16-17(10-12)26-8-7-25-16/h1-4,9-10,22H,5-8H2.